The van der Waals surface area contributed by atoms with Gasteiger partial charge in [-0.25, -0.2) is 0 Å². The van der Waals surface area contributed by atoms with Crippen molar-refractivity contribution in [2.75, 3.05) is 40.4 Å². The molecule has 0 amide bonds. The number of piperazine rings is 1. The third kappa shape index (κ3) is 4.50. The molecule has 1 aromatic carbocycles. The molecule has 25 heavy (non-hydrogen) atoms. The molecule has 0 bridgehead atoms. The van der Waals surface area contributed by atoms with Gasteiger partial charge in [-0.1, -0.05) is 12.1 Å². The first-order valence-corrected chi connectivity index (χ1v) is 8.75. The fourth-order valence-electron chi connectivity index (χ4n) is 3.22. The van der Waals surface area contributed by atoms with Crippen LogP contribution in [0.5, 0.6) is 11.5 Å². The van der Waals surface area contributed by atoms with E-state index in [-0.39, 0.29) is 0 Å². The van der Waals surface area contributed by atoms with Crippen LogP contribution in [0.1, 0.15) is 16.8 Å². The van der Waals surface area contributed by atoms with Gasteiger partial charge in [-0.15, -0.1) is 0 Å². The van der Waals surface area contributed by atoms with E-state index in [1.54, 1.807) is 14.2 Å². The van der Waals surface area contributed by atoms with Crippen LogP contribution in [0.2, 0.25) is 0 Å². The van der Waals surface area contributed by atoms with Crippen LogP contribution in [0.25, 0.3) is 0 Å². The first-order valence-electron chi connectivity index (χ1n) is 8.75. The van der Waals surface area contributed by atoms with Gasteiger partial charge in [0.15, 0.2) is 0 Å². The highest BCUT2D eigenvalue weighted by atomic mass is 16.5. The lowest BCUT2D eigenvalue weighted by atomic mass is 10.1. The Morgan fingerprint density at radius 2 is 1.68 bits per heavy atom. The maximum atomic E-state index is 5.52. The Morgan fingerprint density at radius 1 is 0.960 bits per heavy atom. The lowest BCUT2D eigenvalue weighted by Gasteiger charge is -2.35. The Labute approximate surface area is 150 Å². The summed E-state index contributed by atoms with van der Waals surface area (Å²) in [7, 11) is 3.39. The van der Waals surface area contributed by atoms with Gasteiger partial charge in [0.05, 0.1) is 19.9 Å². The van der Waals surface area contributed by atoms with Crippen molar-refractivity contribution in [3.05, 3.63) is 53.3 Å². The monoisotopic (exact) mass is 341 g/mol. The molecule has 0 radical (unpaired) electrons. The van der Waals surface area contributed by atoms with E-state index in [0.717, 1.165) is 50.8 Å². The number of hydrogen-bond donors (Lipinski definition) is 0. The Kier molecular flexibility index (Phi) is 5.89. The summed E-state index contributed by atoms with van der Waals surface area (Å²) in [6, 6.07) is 10.2. The summed E-state index contributed by atoms with van der Waals surface area (Å²) in [5.74, 6) is 1.72. The van der Waals surface area contributed by atoms with Gasteiger partial charge in [0.2, 0.25) is 0 Å². The number of ether oxygens (including phenoxy) is 2. The van der Waals surface area contributed by atoms with E-state index in [4.69, 9.17) is 9.47 Å². The van der Waals surface area contributed by atoms with Crippen LogP contribution in [0.4, 0.5) is 0 Å². The first kappa shape index (κ1) is 17.7. The van der Waals surface area contributed by atoms with Crippen molar-refractivity contribution >= 4 is 0 Å². The van der Waals surface area contributed by atoms with Gasteiger partial charge >= 0.3 is 0 Å². The summed E-state index contributed by atoms with van der Waals surface area (Å²) in [4.78, 5) is 9.48. The zero-order chi connectivity index (χ0) is 17.6. The zero-order valence-corrected chi connectivity index (χ0v) is 15.4. The molecule has 0 atom stereocenters. The second-order valence-electron chi connectivity index (χ2n) is 6.50. The van der Waals surface area contributed by atoms with Gasteiger partial charge in [-0.3, -0.25) is 14.8 Å². The lowest BCUT2D eigenvalue weighted by molar-refractivity contribution is 0.120. The second-order valence-corrected chi connectivity index (χ2v) is 6.50. The van der Waals surface area contributed by atoms with Gasteiger partial charge in [-0.2, -0.15) is 0 Å². The summed E-state index contributed by atoms with van der Waals surface area (Å²) < 4.78 is 10.8. The molecule has 1 aromatic heterocycles. The standard InChI is InChI=1S/C20H27N3O2/c1-16-5-4-8-21-19(16)15-23-11-9-22(10-12-23)14-17-6-7-18(24-2)13-20(17)25-3/h4-8,13H,9-12,14-15H2,1-3H3. The Morgan fingerprint density at radius 3 is 2.32 bits per heavy atom. The Bertz CT molecular complexity index is 697. The van der Waals surface area contributed by atoms with Crippen molar-refractivity contribution in [2.24, 2.45) is 0 Å². The minimum absolute atomic E-state index is 0.830. The zero-order valence-electron chi connectivity index (χ0n) is 15.4. The number of pyridine rings is 1. The minimum atomic E-state index is 0.830. The maximum absolute atomic E-state index is 5.52. The SMILES string of the molecule is COc1ccc(CN2CCN(Cc3ncccc3C)CC2)c(OC)c1. The molecule has 1 aliphatic rings. The molecule has 0 aliphatic carbocycles. The third-order valence-electron chi connectivity index (χ3n) is 4.84. The Hall–Kier alpha value is -2.11. The normalized spacial score (nSPS) is 16.0. The largest absolute Gasteiger partial charge is 0.497 e. The molecular formula is C20H27N3O2. The van der Waals surface area contributed by atoms with E-state index in [2.05, 4.69) is 33.8 Å². The Balaban J connectivity index is 1.55. The van der Waals surface area contributed by atoms with Crippen LogP contribution in [0, 0.1) is 6.92 Å². The van der Waals surface area contributed by atoms with Gasteiger partial charge in [0, 0.05) is 57.1 Å². The molecule has 0 saturated carbocycles. The molecule has 2 heterocycles. The number of nitrogens with zero attached hydrogens (tertiary/aromatic N) is 3. The predicted molar refractivity (Wildman–Crippen MR) is 99.1 cm³/mol. The van der Waals surface area contributed by atoms with Crippen LogP contribution in [0.15, 0.2) is 36.5 Å². The molecule has 0 unspecified atom stereocenters. The smallest absolute Gasteiger partial charge is 0.127 e. The van der Waals surface area contributed by atoms with Crippen LogP contribution in [-0.2, 0) is 13.1 Å². The molecule has 1 saturated heterocycles. The highest BCUT2D eigenvalue weighted by Gasteiger charge is 2.19. The predicted octanol–water partition coefficient (Wildman–Crippen LogP) is 2.73. The topological polar surface area (TPSA) is 37.8 Å². The van der Waals surface area contributed by atoms with E-state index >= 15 is 0 Å². The van der Waals surface area contributed by atoms with Crippen molar-refractivity contribution in [1.29, 1.82) is 0 Å². The average Bonchev–Trinajstić information content (AvgIpc) is 2.65. The summed E-state index contributed by atoms with van der Waals surface area (Å²) in [5.41, 5.74) is 3.66. The number of benzene rings is 1. The molecule has 5 heteroatoms. The summed E-state index contributed by atoms with van der Waals surface area (Å²) in [6.07, 6.45) is 1.88. The molecule has 2 aromatic rings. The number of aryl methyl sites for hydroxylation is 1. The third-order valence-corrected chi connectivity index (χ3v) is 4.84. The quantitative estimate of drug-likeness (QED) is 0.808. The molecule has 0 spiro atoms. The summed E-state index contributed by atoms with van der Waals surface area (Å²) in [5, 5.41) is 0. The van der Waals surface area contributed by atoms with Gasteiger partial charge < -0.3 is 9.47 Å². The maximum Gasteiger partial charge on any atom is 0.127 e. The van der Waals surface area contributed by atoms with E-state index in [9.17, 15) is 0 Å². The molecule has 0 N–H and O–H groups in total. The molecule has 3 rings (SSSR count). The van der Waals surface area contributed by atoms with Crippen molar-refractivity contribution in [2.45, 2.75) is 20.0 Å². The van der Waals surface area contributed by atoms with Crippen LogP contribution >= 0.6 is 0 Å². The molecule has 1 aliphatic heterocycles. The molecule has 134 valence electrons. The van der Waals surface area contributed by atoms with Crippen molar-refractivity contribution in [1.82, 2.24) is 14.8 Å². The summed E-state index contributed by atoms with van der Waals surface area (Å²) in [6.45, 7) is 8.22. The van der Waals surface area contributed by atoms with E-state index in [1.165, 1.54) is 16.8 Å². The van der Waals surface area contributed by atoms with Gasteiger partial charge in [0.25, 0.3) is 0 Å². The van der Waals surface area contributed by atoms with Crippen LogP contribution < -0.4 is 9.47 Å². The molecular weight excluding hydrogens is 314 g/mol. The fraction of sp³-hybridized carbons (Fsp3) is 0.450. The summed E-state index contributed by atoms with van der Waals surface area (Å²) >= 11 is 0. The van der Waals surface area contributed by atoms with E-state index in [0.29, 0.717) is 0 Å². The van der Waals surface area contributed by atoms with Gasteiger partial charge in [-0.05, 0) is 24.6 Å². The molecule has 1 fully saturated rings. The first-order chi connectivity index (χ1) is 12.2. The molecule has 5 nitrogen and oxygen atoms in total. The van der Waals surface area contributed by atoms with Crippen LogP contribution in [-0.4, -0.2) is 55.2 Å². The van der Waals surface area contributed by atoms with Crippen molar-refractivity contribution in [3.8, 4) is 11.5 Å². The number of methoxy groups -OCH3 is 2. The van der Waals surface area contributed by atoms with E-state index < -0.39 is 0 Å². The highest BCUT2D eigenvalue weighted by Crippen LogP contribution is 2.26. The van der Waals surface area contributed by atoms with Crippen molar-refractivity contribution in [3.63, 3.8) is 0 Å². The minimum Gasteiger partial charge on any atom is -0.497 e. The highest BCUT2D eigenvalue weighted by molar-refractivity contribution is 5.40. The van der Waals surface area contributed by atoms with E-state index in [1.807, 2.05) is 24.4 Å². The van der Waals surface area contributed by atoms with Crippen LogP contribution in [0.3, 0.4) is 0 Å². The number of aromatic nitrogens is 1. The number of hydrogen-bond acceptors (Lipinski definition) is 5. The lowest BCUT2D eigenvalue weighted by Crippen LogP contribution is -2.45. The average molecular weight is 341 g/mol. The van der Waals surface area contributed by atoms with Crippen molar-refractivity contribution < 1.29 is 9.47 Å². The van der Waals surface area contributed by atoms with Gasteiger partial charge in [0.1, 0.15) is 11.5 Å². The second kappa shape index (κ2) is 8.32. The number of rotatable bonds is 6. The fourth-order valence-corrected chi connectivity index (χ4v) is 3.22.